The zero-order valence-electron chi connectivity index (χ0n) is 15.6. The van der Waals surface area contributed by atoms with E-state index in [4.69, 9.17) is 0 Å². The van der Waals surface area contributed by atoms with E-state index in [9.17, 15) is 4.79 Å². The predicted molar refractivity (Wildman–Crippen MR) is 98.9 cm³/mol. The van der Waals surface area contributed by atoms with Gasteiger partial charge in [0.05, 0.1) is 6.67 Å². The summed E-state index contributed by atoms with van der Waals surface area (Å²) in [5.74, 6) is 0.272. The van der Waals surface area contributed by atoms with Crippen LogP contribution in [0.1, 0.15) is 96.8 Å². The normalized spacial score (nSPS) is 14.0. The van der Waals surface area contributed by atoms with Gasteiger partial charge >= 0.3 is 0 Å². The Kier molecular flexibility index (Phi) is 11.7. The summed E-state index contributed by atoms with van der Waals surface area (Å²) in [6.45, 7) is 3.00. The number of unbranched alkanes of at least 4 members (excludes halogenated alkanes) is 12. The Bertz CT molecular complexity index is 328. The number of amides is 1. The molecule has 0 aromatic carbocycles. The van der Waals surface area contributed by atoms with Crippen LogP contribution in [-0.4, -0.2) is 29.4 Å². The van der Waals surface area contributed by atoms with Crippen molar-refractivity contribution in [2.24, 2.45) is 0 Å². The number of carbonyl (C=O) groups is 1. The first-order chi connectivity index (χ1) is 11.2. The number of carbonyl (C=O) groups excluding carboxylic acids is 1. The molecule has 0 aromatic rings. The average molecular weight is 323 g/mol. The summed E-state index contributed by atoms with van der Waals surface area (Å²) in [5.41, 5.74) is 0. The van der Waals surface area contributed by atoms with Crippen LogP contribution in [-0.2, 0) is 4.79 Å². The molecule has 1 aliphatic heterocycles. The Hall–Kier alpha value is -0.990. The van der Waals surface area contributed by atoms with E-state index >= 15 is 0 Å². The molecule has 0 radical (unpaired) electrons. The topological polar surface area (TPSA) is 23.6 Å². The van der Waals surface area contributed by atoms with E-state index in [1.54, 1.807) is 0 Å². The third-order valence-corrected chi connectivity index (χ3v) is 4.69. The molecule has 0 saturated heterocycles. The molecule has 23 heavy (non-hydrogen) atoms. The molecule has 1 heterocycles. The van der Waals surface area contributed by atoms with Gasteiger partial charge in [-0.25, -0.2) is 0 Å². The first-order valence-electron chi connectivity index (χ1n) is 9.92. The van der Waals surface area contributed by atoms with E-state index in [1.165, 1.54) is 77.0 Å². The fourth-order valence-corrected chi connectivity index (χ4v) is 3.13. The van der Waals surface area contributed by atoms with E-state index < -0.39 is 0 Å². The molecule has 0 bridgehead atoms. The van der Waals surface area contributed by atoms with Gasteiger partial charge < -0.3 is 4.90 Å². The van der Waals surface area contributed by atoms with Gasteiger partial charge in [0.1, 0.15) is 0 Å². The standard InChI is InChI=1S/C20H38N2O/c1-3-4-5-6-7-8-9-10-11-12-13-14-15-16-20(23)22-18-17-21(2)19-22/h17-18H,3-16,19H2,1-2H3. The lowest BCUT2D eigenvalue weighted by Crippen LogP contribution is -2.28. The van der Waals surface area contributed by atoms with Crippen LogP contribution >= 0.6 is 0 Å². The summed E-state index contributed by atoms with van der Waals surface area (Å²) in [5, 5.41) is 0. The maximum Gasteiger partial charge on any atom is 0.228 e. The number of rotatable bonds is 14. The fourth-order valence-electron chi connectivity index (χ4n) is 3.13. The van der Waals surface area contributed by atoms with Crippen molar-refractivity contribution in [3.8, 4) is 0 Å². The highest BCUT2D eigenvalue weighted by molar-refractivity contribution is 5.77. The highest BCUT2D eigenvalue weighted by atomic mass is 16.2. The van der Waals surface area contributed by atoms with Crippen molar-refractivity contribution >= 4 is 5.91 Å². The summed E-state index contributed by atoms with van der Waals surface area (Å²) in [6.07, 6.45) is 22.1. The van der Waals surface area contributed by atoms with Crippen molar-refractivity contribution in [1.82, 2.24) is 9.80 Å². The maximum absolute atomic E-state index is 11.9. The minimum atomic E-state index is 0.272. The average Bonchev–Trinajstić information content (AvgIpc) is 2.98. The van der Waals surface area contributed by atoms with Crippen LogP contribution in [0.25, 0.3) is 0 Å². The van der Waals surface area contributed by atoms with E-state index in [2.05, 4.69) is 6.92 Å². The first kappa shape index (κ1) is 20.1. The van der Waals surface area contributed by atoms with Gasteiger partial charge in [-0.15, -0.1) is 0 Å². The summed E-state index contributed by atoms with van der Waals surface area (Å²) in [6, 6.07) is 0. The molecule has 0 spiro atoms. The molecular weight excluding hydrogens is 284 g/mol. The molecule has 0 fully saturated rings. The Labute approximate surface area is 144 Å². The van der Waals surface area contributed by atoms with Crippen LogP contribution in [0.5, 0.6) is 0 Å². The molecule has 0 saturated carbocycles. The summed E-state index contributed by atoms with van der Waals surface area (Å²) >= 11 is 0. The van der Waals surface area contributed by atoms with Crippen LogP contribution in [0.2, 0.25) is 0 Å². The summed E-state index contributed by atoms with van der Waals surface area (Å²) in [7, 11) is 2.00. The molecular formula is C20H38N2O. The highest BCUT2D eigenvalue weighted by Crippen LogP contribution is 2.14. The summed E-state index contributed by atoms with van der Waals surface area (Å²) in [4.78, 5) is 15.8. The zero-order valence-corrected chi connectivity index (χ0v) is 15.6. The van der Waals surface area contributed by atoms with Crippen LogP contribution in [0, 0.1) is 0 Å². The fraction of sp³-hybridized carbons (Fsp3) is 0.850. The lowest BCUT2D eigenvalue weighted by molar-refractivity contribution is -0.129. The van der Waals surface area contributed by atoms with Crippen molar-refractivity contribution in [3.63, 3.8) is 0 Å². The minimum Gasteiger partial charge on any atom is -0.361 e. The van der Waals surface area contributed by atoms with Crippen molar-refractivity contribution in [2.45, 2.75) is 96.8 Å². The van der Waals surface area contributed by atoms with E-state index in [1.807, 2.05) is 29.2 Å². The molecule has 0 N–H and O–H groups in total. The van der Waals surface area contributed by atoms with Crippen LogP contribution in [0.15, 0.2) is 12.4 Å². The van der Waals surface area contributed by atoms with E-state index in [0.29, 0.717) is 6.42 Å². The monoisotopic (exact) mass is 322 g/mol. The Balaban J connectivity index is 1.78. The molecule has 0 aliphatic carbocycles. The lowest BCUT2D eigenvalue weighted by Gasteiger charge is -2.16. The van der Waals surface area contributed by atoms with E-state index in [0.717, 1.165) is 13.1 Å². The second-order valence-corrected chi connectivity index (χ2v) is 7.05. The van der Waals surface area contributed by atoms with Gasteiger partial charge in [0.25, 0.3) is 0 Å². The van der Waals surface area contributed by atoms with Crippen LogP contribution in [0.4, 0.5) is 0 Å². The number of nitrogens with zero attached hydrogens (tertiary/aromatic N) is 2. The Morgan fingerprint density at radius 2 is 1.26 bits per heavy atom. The van der Waals surface area contributed by atoms with Crippen molar-refractivity contribution in [2.75, 3.05) is 13.7 Å². The molecule has 1 aliphatic rings. The Morgan fingerprint density at radius 1 is 0.783 bits per heavy atom. The van der Waals surface area contributed by atoms with Gasteiger partial charge in [0.15, 0.2) is 0 Å². The molecule has 134 valence electrons. The smallest absolute Gasteiger partial charge is 0.228 e. The molecule has 3 heteroatoms. The first-order valence-corrected chi connectivity index (χ1v) is 9.92. The quantitative estimate of drug-likeness (QED) is 0.385. The zero-order chi connectivity index (χ0) is 16.8. The van der Waals surface area contributed by atoms with Gasteiger partial charge in [0, 0.05) is 25.9 Å². The van der Waals surface area contributed by atoms with E-state index in [-0.39, 0.29) is 5.91 Å². The van der Waals surface area contributed by atoms with Gasteiger partial charge in [-0.2, -0.15) is 0 Å². The molecule has 0 unspecified atom stereocenters. The third-order valence-electron chi connectivity index (χ3n) is 4.69. The second kappa shape index (κ2) is 13.4. The lowest BCUT2D eigenvalue weighted by atomic mass is 10.0. The largest absolute Gasteiger partial charge is 0.361 e. The molecule has 0 atom stereocenters. The number of hydrogen-bond donors (Lipinski definition) is 0. The number of hydrogen-bond acceptors (Lipinski definition) is 2. The van der Waals surface area contributed by atoms with Gasteiger partial charge in [0.2, 0.25) is 5.91 Å². The minimum absolute atomic E-state index is 0.272. The third kappa shape index (κ3) is 10.4. The molecule has 1 rings (SSSR count). The molecule has 3 nitrogen and oxygen atoms in total. The molecule has 0 aromatic heterocycles. The van der Waals surface area contributed by atoms with Crippen LogP contribution in [0.3, 0.4) is 0 Å². The van der Waals surface area contributed by atoms with Crippen LogP contribution < -0.4 is 0 Å². The second-order valence-electron chi connectivity index (χ2n) is 7.05. The SMILES string of the molecule is CCCCCCCCCCCCCCCC(=O)N1C=CN(C)C1. The van der Waals surface area contributed by atoms with Gasteiger partial charge in [-0.1, -0.05) is 84.0 Å². The highest BCUT2D eigenvalue weighted by Gasteiger charge is 2.15. The summed E-state index contributed by atoms with van der Waals surface area (Å²) < 4.78 is 0. The van der Waals surface area contributed by atoms with Gasteiger partial charge in [-0.3, -0.25) is 9.69 Å². The Morgan fingerprint density at radius 3 is 1.70 bits per heavy atom. The van der Waals surface area contributed by atoms with Gasteiger partial charge in [-0.05, 0) is 6.42 Å². The predicted octanol–water partition coefficient (Wildman–Crippen LogP) is 5.67. The maximum atomic E-state index is 11.9. The van der Waals surface area contributed by atoms with Crippen molar-refractivity contribution < 1.29 is 4.79 Å². The van der Waals surface area contributed by atoms with Crippen molar-refractivity contribution in [3.05, 3.63) is 12.4 Å². The molecule has 1 amide bonds. The van der Waals surface area contributed by atoms with Crippen molar-refractivity contribution in [1.29, 1.82) is 0 Å².